The van der Waals surface area contributed by atoms with Gasteiger partial charge in [-0.25, -0.2) is 8.78 Å². The molecule has 1 aromatic rings. The molecule has 0 amide bonds. The lowest BCUT2D eigenvalue weighted by molar-refractivity contribution is 0.0687. The maximum absolute atomic E-state index is 14.0. The lowest BCUT2D eigenvalue weighted by Gasteiger charge is -2.34. The van der Waals surface area contributed by atoms with Crippen LogP contribution in [0.1, 0.15) is 41.6 Å². The molecule has 0 atom stereocenters. The fourth-order valence-electron chi connectivity index (χ4n) is 2.91. The second-order valence-electron chi connectivity index (χ2n) is 5.52. The zero-order valence-electron chi connectivity index (χ0n) is 11.6. The standard InChI is InChI=1S/C15H19F2NO/c1-10-6-7-11(13(17)12(10)16)14(19)15(18(2)3)8-4-5-9-15/h6-7H,4-5,8-9H2,1-3H3. The van der Waals surface area contributed by atoms with E-state index in [4.69, 9.17) is 0 Å². The highest BCUT2D eigenvalue weighted by Gasteiger charge is 2.44. The number of carbonyl (C=O) groups is 1. The molecule has 0 heterocycles. The molecule has 104 valence electrons. The Morgan fingerprint density at radius 2 is 1.74 bits per heavy atom. The van der Waals surface area contributed by atoms with Gasteiger partial charge in [0.25, 0.3) is 0 Å². The van der Waals surface area contributed by atoms with Crippen LogP contribution in [0.4, 0.5) is 8.78 Å². The average molecular weight is 267 g/mol. The molecule has 1 aliphatic rings. The van der Waals surface area contributed by atoms with Crippen LogP contribution in [0.5, 0.6) is 0 Å². The molecule has 0 bridgehead atoms. The van der Waals surface area contributed by atoms with Crippen molar-refractivity contribution < 1.29 is 13.6 Å². The third-order valence-corrected chi connectivity index (χ3v) is 4.23. The second kappa shape index (κ2) is 5.00. The number of nitrogens with zero attached hydrogens (tertiary/aromatic N) is 1. The Hall–Kier alpha value is -1.29. The van der Waals surface area contributed by atoms with Gasteiger partial charge in [-0.15, -0.1) is 0 Å². The van der Waals surface area contributed by atoms with E-state index >= 15 is 0 Å². The Morgan fingerprint density at radius 1 is 1.16 bits per heavy atom. The number of benzene rings is 1. The lowest BCUT2D eigenvalue weighted by atomic mass is 9.86. The largest absolute Gasteiger partial charge is 0.297 e. The van der Waals surface area contributed by atoms with Gasteiger partial charge >= 0.3 is 0 Å². The van der Waals surface area contributed by atoms with Crippen molar-refractivity contribution in [3.05, 3.63) is 34.9 Å². The van der Waals surface area contributed by atoms with E-state index in [1.807, 2.05) is 19.0 Å². The minimum atomic E-state index is -1.02. The third-order valence-electron chi connectivity index (χ3n) is 4.23. The van der Waals surface area contributed by atoms with Crippen LogP contribution in [0.2, 0.25) is 0 Å². The van der Waals surface area contributed by atoms with Crippen LogP contribution in [-0.4, -0.2) is 30.3 Å². The number of likely N-dealkylation sites (N-methyl/N-ethyl adjacent to an activating group) is 1. The van der Waals surface area contributed by atoms with Crippen LogP contribution < -0.4 is 0 Å². The number of halogens is 2. The normalized spacial score (nSPS) is 18.0. The second-order valence-corrected chi connectivity index (χ2v) is 5.52. The summed E-state index contributed by atoms with van der Waals surface area (Å²) in [5, 5.41) is 0. The summed E-state index contributed by atoms with van der Waals surface area (Å²) < 4.78 is 27.6. The molecule has 4 heteroatoms. The number of hydrogen-bond acceptors (Lipinski definition) is 2. The first kappa shape index (κ1) is 14.1. The van der Waals surface area contributed by atoms with Crippen molar-refractivity contribution in [1.82, 2.24) is 4.90 Å². The zero-order chi connectivity index (χ0) is 14.2. The van der Waals surface area contributed by atoms with Crippen LogP contribution in [0.15, 0.2) is 12.1 Å². The Kier molecular flexibility index (Phi) is 3.72. The van der Waals surface area contributed by atoms with E-state index in [1.165, 1.54) is 19.1 Å². The van der Waals surface area contributed by atoms with Crippen LogP contribution >= 0.6 is 0 Å². The molecule has 0 unspecified atom stereocenters. The number of hydrogen-bond donors (Lipinski definition) is 0. The molecule has 0 aliphatic heterocycles. The Labute approximate surface area is 112 Å². The predicted molar refractivity (Wildman–Crippen MR) is 70.3 cm³/mol. The molecule has 1 fully saturated rings. The van der Waals surface area contributed by atoms with E-state index in [0.29, 0.717) is 12.8 Å². The molecular formula is C15H19F2NO. The number of rotatable bonds is 3. The van der Waals surface area contributed by atoms with Gasteiger partial charge in [0.05, 0.1) is 11.1 Å². The molecule has 0 N–H and O–H groups in total. The SMILES string of the molecule is Cc1ccc(C(=O)C2(N(C)C)CCCC2)c(F)c1F. The van der Waals surface area contributed by atoms with E-state index in [1.54, 1.807) is 0 Å². The number of ketones is 1. The molecule has 1 aromatic carbocycles. The highest BCUT2D eigenvalue weighted by molar-refractivity contribution is 6.03. The average Bonchev–Trinajstić information content (AvgIpc) is 2.86. The molecule has 1 saturated carbocycles. The fraction of sp³-hybridized carbons (Fsp3) is 0.533. The van der Waals surface area contributed by atoms with Gasteiger partial charge in [0.2, 0.25) is 0 Å². The summed E-state index contributed by atoms with van der Waals surface area (Å²) in [6.07, 6.45) is 3.29. The summed E-state index contributed by atoms with van der Waals surface area (Å²) in [6.45, 7) is 1.49. The van der Waals surface area contributed by atoms with E-state index in [9.17, 15) is 13.6 Å². The van der Waals surface area contributed by atoms with Gasteiger partial charge in [-0.3, -0.25) is 9.69 Å². The Bertz CT molecular complexity index is 505. The molecule has 0 aromatic heterocycles. The van der Waals surface area contributed by atoms with Crippen molar-refractivity contribution >= 4 is 5.78 Å². The van der Waals surface area contributed by atoms with Gasteiger partial charge < -0.3 is 0 Å². The smallest absolute Gasteiger partial charge is 0.186 e. The summed E-state index contributed by atoms with van der Waals surface area (Å²) in [7, 11) is 3.65. The van der Waals surface area contributed by atoms with E-state index < -0.39 is 17.2 Å². The Balaban J connectivity index is 2.47. The van der Waals surface area contributed by atoms with Gasteiger partial charge in [-0.2, -0.15) is 0 Å². The highest BCUT2D eigenvalue weighted by atomic mass is 19.2. The topological polar surface area (TPSA) is 20.3 Å². The van der Waals surface area contributed by atoms with Gasteiger partial charge in [-0.1, -0.05) is 18.9 Å². The number of carbonyl (C=O) groups excluding carboxylic acids is 1. The zero-order valence-corrected chi connectivity index (χ0v) is 11.6. The van der Waals surface area contributed by atoms with Crippen LogP contribution in [0.3, 0.4) is 0 Å². The van der Waals surface area contributed by atoms with Gasteiger partial charge in [-0.05, 0) is 45.5 Å². The summed E-state index contributed by atoms with van der Waals surface area (Å²) in [4.78, 5) is 14.5. The highest BCUT2D eigenvalue weighted by Crippen LogP contribution is 2.37. The molecule has 2 nitrogen and oxygen atoms in total. The first-order valence-corrected chi connectivity index (χ1v) is 6.57. The van der Waals surface area contributed by atoms with Crippen molar-refractivity contribution in [2.75, 3.05) is 14.1 Å². The minimum absolute atomic E-state index is 0.126. The van der Waals surface area contributed by atoms with Crippen LogP contribution in [0.25, 0.3) is 0 Å². The summed E-state index contributed by atoms with van der Waals surface area (Å²) >= 11 is 0. The number of Topliss-reactive ketones (excluding diaryl/α,β-unsaturated/α-hetero) is 1. The molecule has 19 heavy (non-hydrogen) atoms. The lowest BCUT2D eigenvalue weighted by Crippen LogP contribution is -2.49. The van der Waals surface area contributed by atoms with Crippen molar-refractivity contribution in [3.63, 3.8) is 0 Å². The first-order valence-electron chi connectivity index (χ1n) is 6.57. The van der Waals surface area contributed by atoms with Crippen molar-refractivity contribution in [1.29, 1.82) is 0 Å². The van der Waals surface area contributed by atoms with E-state index in [2.05, 4.69) is 0 Å². The Morgan fingerprint density at radius 3 is 2.26 bits per heavy atom. The summed E-state index contributed by atoms with van der Waals surface area (Å²) in [6, 6.07) is 2.86. The monoisotopic (exact) mass is 267 g/mol. The van der Waals surface area contributed by atoms with Crippen molar-refractivity contribution in [2.45, 2.75) is 38.1 Å². The molecule has 0 saturated heterocycles. The molecule has 1 aliphatic carbocycles. The maximum Gasteiger partial charge on any atom is 0.186 e. The van der Waals surface area contributed by atoms with Crippen LogP contribution in [-0.2, 0) is 0 Å². The first-order chi connectivity index (χ1) is 8.90. The summed E-state index contributed by atoms with van der Waals surface area (Å²) in [5.41, 5.74) is -0.583. The molecule has 2 rings (SSSR count). The quantitative estimate of drug-likeness (QED) is 0.783. The van der Waals surface area contributed by atoms with Gasteiger partial charge in [0, 0.05) is 0 Å². The minimum Gasteiger partial charge on any atom is -0.297 e. The fourth-order valence-corrected chi connectivity index (χ4v) is 2.91. The predicted octanol–water partition coefficient (Wildman–Crippen LogP) is 3.33. The number of aryl methyl sites for hydroxylation is 1. The molecule has 0 spiro atoms. The van der Waals surface area contributed by atoms with Gasteiger partial charge in [0.1, 0.15) is 0 Å². The van der Waals surface area contributed by atoms with E-state index in [0.717, 1.165) is 12.8 Å². The molecular weight excluding hydrogens is 248 g/mol. The third kappa shape index (κ3) is 2.18. The van der Waals surface area contributed by atoms with Crippen molar-refractivity contribution in [3.8, 4) is 0 Å². The summed E-state index contributed by atoms with van der Waals surface area (Å²) in [5.74, 6) is -2.23. The van der Waals surface area contributed by atoms with E-state index in [-0.39, 0.29) is 16.9 Å². The van der Waals surface area contributed by atoms with Crippen molar-refractivity contribution in [2.24, 2.45) is 0 Å². The van der Waals surface area contributed by atoms with Crippen LogP contribution in [0, 0.1) is 18.6 Å². The molecule has 0 radical (unpaired) electrons. The maximum atomic E-state index is 14.0. The van der Waals surface area contributed by atoms with Gasteiger partial charge in [0.15, 0.2) is 17.4 Å².